The zero-order chi connectivity index (χ0) is 18.4. The average molecular weight is 416 g/mol. The highest BCUT2D eigenvalue weighted by Crippen LogP contribution is 2.13. The highest BCUT2D eigenvalue weighted by Gasteiger charge is 2.21. The minimum absolute atomic E-state index is 0.0326. The van der Waals surface area contributed by atoms with E-state index in [1.807, 2.05) is 17.0 Å². The minimum Gasteiger partial charge on any atom is -0.481 e. The quantitative estimate of drug-likeness (QED) is 0.751. The summed E-state index contributed by atoms with van der Waals surface area (Å²) in [6, 6.07) is 11.7. The van der Waals surface area contributed by atoms with Crippen LogP contribution in [-0.4, -0.2) is 60.5 Å². The Morgan fingerprint density at radius 3 is 2.50 bits per heavy atom. The summed E-state index contributed by atoms with van der Waals surface area (Å²) < 4.78 is 6.12. The molecule has 0 bridgehead atoms. The molecule has 2 heterocycles. The molecule has 3 rings (SSSR count). The van der Waals surface area contributed by atoms with Crippen LogP contribution in [0, 0.1) is 0 Å². The second-order valence-corrected chi connectivity index (χ2v) is 7.05. The van der Waals surface area contributed by atoms with Gasteiger partial charge in [-0.25, -0.2) is 4.98 Å². The molecule has 5 nitrogen and oxygen atoms in total. The van der Waals surface area contributed by atoms with Crippen LogP contribution in [0.15, 0.2) is 53.1 Å². The lowest BCUT2D eigenvalue weighted by atomic mass is 10.2. The topological polar surface area (TPSA) is 45.7 Å². The summed E-state index contributed by atoms with van der Waals surface area (Å²) >= 11 is 3.44. The van der Waals surface area contributed by atoms with Gasteiger partial charge >= 0.3 is 0 Å². The van der Waals surface area contributed by atoms with Crippen molar-refractivity contribution in [2.24, 2.45) is 0 Å². The van der Waals surface area contributed by atoms with E-state index in [2.05, 4.69) is 50.1 Å². The van der Waals surface area contributed by atoms with Gasteiger partial charge in [0, 0.05) is 49.5 Å². The van der Waals surface area contributed by atoms with E-state index in [1.165, 1.54) is 5.56 Å². The van der Waals surface area contributed by atoms with Crippen LogP contribution >= 0.6 is 15.9 Å². The third-order valence-electron chi connectivity index (χ3n) is 4.40. The first kappa shape index (κ1) is 18.6. The Morgan fingerprint density at radius 2 is 1.88 bits per heavy atom. The average Bonchev–Trinajstić information content (AvgIpc) is 2.69. The van der Waals surface area contributed by atoms with E-state index < -0.39 is 0 Å². The highest BCUT2D eigenvalue weighted by atomic mass is 79.9. The van der Waals surface area contributed by atoms with Gasteiger partial charge in [-0.15, -0.1) is 0 Å². The molecule has 136 valence electrons. The number of piperazine rings is 1. The summed E-state index contributed by atoms with van der Waals surface area (Å²) in [5.41, 5.74) is 1.79. The maximum atomic E-state index is 12.5. The predicted molar refractivity (Wildman–Crippen MR) is 106 cm³/mol. The molecule has 1 saturated heterocycles. The van der Waals surface area contributed by atoms with Crippen molar-refractivity contribution >= 4 is 27.9 Å². The van der Waals surface area contributed by atoms with Crippen molar-refractivity contribution in [2.45, 2.75) is 0 Å². The maximum absolute atomic E-state index is 12.5. The molecule has 0 atom stereocenters. The highest BCUT2D eigenvalue weighted by molar-refractivity contribution is 9.10. The molecule has 0 N–H and O–H groups in total. The van der Waals surface area contributed by atoms with Gasteiger partial charge in [-0.05, 0) is 23.8 Å². The Labute approximate surface area is 162 Å². The molecule has 26 heavy (non-hydrogen) atoms. The van der Waals surface area contributed by atoms with Gasteiger partial charge in [0.25, 0.3) is 5.91 Å². The Morgan fingerprint density at radius 1 is 1.15 bits per heavy atom. The van der Waals surface area contributed by atoms with Gasteiger partial charge in [0.1, 0.15) is 0 Å². The number of rotatable bonds is 5. The maximum Gasteiger partial charge on any atom is 0.255 e. The number of aromatic nitrogens is 1. The number of hydrogen-bond donors (Lipinski definition) is 0. The normalized spacial score (nSPS) is 15.4. The number of pyridine rings is 1. The number of carbonyl (C=O) groups is 1. The van der Waals surface area contributed by atoms with Gasteiger partial charge in [0.05, 0.1) is 12.7 Å². The molecule has 6 heteroatoms. The molecule has 1 fully saturated rings. The summed E-state index contributed by atoms with van der Waals surface area (Å²) in [5.74, 6) is 0.550. The standard InChI is InChI=1S/C20H22BrN3O2/c1-26-19-9-6-17(15-22-19)20(25)24-13-11-23(12-14-24)10-2-3-16-4-7-18(21)8-5-16/h2-9,15H,10-14H2,1H3/b3-2+. The molecule has 0 saturated carbocycles. The molecule has 0 radical (unpaired) electrons. The SMILES string of the molecule is COc1ccc(C(=O)N2CCN(C/C=C/c3ccc(Br)cc3)CC2)cn1. The van der Waals surface area contributed by atoms with Crippen molar-refractivity contribution in [1.82, 2.24) is 14.8 Å². The number of amides is 1. The number of hydrogen-bond acceptors (Lipinski definition) is 4. The van der Waals surface area contributed by atoms with Crippen LogP contribution in [-0.2, 0) is 0 Å². The van der Waals surface area contributed by atoms with Crippen LogP contribution in [0.5, 0.6) is 5.88 Å². The largest absolute Gasteiger partial charge is 0.481 e. The molecule has 0 aliphatic carbocycles. The van der Waals surface area contributed by atoms with E-state index in [0.29, 0.717) is 11.4 Å². The Balaban J connectivity index is 1.47. The number of nitrogens with zero attached hydrogens (tertiary/aromatic N) is 3. The van der Waals surface area contributed by atoms with Gasteiger partial charge < -0.3 is 9.64 Å². The molecule has 1 aromatic heterocycles. The van der Waals surface area contributed by atoms with Gasteiger partial charge in [0.15, 0.2) is 0 Å². The van der Waals surface area contributed by atoms with E-state index in [0.717, 1.165) is 37.2 Å². The van der Waals surface area contributed by atoms with Crippen molar-refractivity contribution in [3.05, 3.63) is 64.3 Å². The molecule has 1 aromatic carbocycles. The third-order valence-corrected chi connectivity index (χ3v) is 4.92. The second-order valence-electron chi connectivity index (χ2n) is 6.14. The van der Waals surface area contributed by atoms with Crippen molar-refractivity contribution < 1.29 is 9.53 Å². The lowest BCUT2D eigenvalue weighted by Gasteiger charge is -2.34. The first-order valence-corrected chi connectivity index (χ1v) is 9.39. The molecule has 0 unspecified atom stereocenters. The second kappa shape index (κ2) is 8.96. The Bertz CT molecular complexity index is 752. The van der Waals surface area contributed by atoms with Crippen LogP contribution < -0.4 is 4.74 Å². The molecule has 1 aliphatic heterocycles. The molecule has 1 amide bonds. The summed E-state index contributed by atoms with van der Waals surface area (Å²) in [6.45, 7) is 4.11. The van der Waals surface area contributed by atoms with Gasteiger partial charge in [-0.3, -0.25) is 9.69 Å². The zero-order valence-electron chi connectivity index (χ0n) is 14.8. The van der Waals surface area contributed by atoms with Crippen molar-refractivity contribution in [3.8, 4) is 5.88 Å². The van der Waals surface area contributed by atoms with Gasteiger partial charge in [-0.1, -0.05) is 40.2 Å². The number of halogens is 1. The fourth-order valence-corrected chi connectivity index (χ4v) is 3.12. The van der Waals surface area contributed by atoms with Crippen molar-refractivity contribution in [2.75, 3.05) is 39.8 Å². The first-order chi connectivity index (χ1) is 12.7. The number of benzene rings is 1. The smallest absolute Gasteiger partial charge is 0.255 e. The van der Waals surface area contributed by atoms with Crippen LogP contribution in [0.4, 0.5) is 0 Å². The van der Waals surface area contributed by atoms with E-state index in [1.54, 1.807) is 25.4 Å². The number of ether oxygens (including phenoxy) is 1. The lowest BCUT2D eigenvalue weighted by molar-refractivity contribution is 0.0650. The van der Waals surface area contributed by atoms with Crippen molar-refractivity contribution in [1.29, 1.82) is 0 Å². The van der Waals surface area contributed by atoms with Crippen LogP contribution in [0.3, 0.4) is 0 Å². The lowest BCUT2D eigenvalue weighted by Crippen LogP contribution is -2.48. The third kappa shape index (κ3) is 4.93. The fraction of sp³-hybridized carbons (Fsp3) is 0.300. The molecule has 2 aromatic rings. The number of carbonyl (C=O) groups excluding carboxylic acids is 1. The Kier molecular flexibility index (Phi) is 6.41. The molecular weight excluding hydrogens is 394 g/mol. The summed E-state index contributed by atoms with van der Waals surface area (Å²) in [5, 5.41) is 0. The van der Waals surface area contributed by atoms with E-state index in [4.69, 9.17) is 4.74 Å². The van der Waals surface area contributed by atoms with Gasteiger partial charge in [0.2, 0.25) is 5.88 Å². The zero-order valence-corrected chi connectivity index (χ0v) is 16.4. The van der Waals surface area contributed by atoms with Crippen LogP contribution in [0.1, 0.15) is 15.9 Å². The molecule has 1 aliphatic rings. The van der Waals surface area contributed by atoms with Crippen LogP contribution in [0.25, 0.3) is 6.08 Å². The van der Waals surface area contributed by atoms with E-state index in [-0.39, 0.29) is 5.91 Å². The first-order valence-electron chi connectivity index (χ1n) is 8.59. The summed E-state index contributed by atoms with van der Waals surface area (Å²) in [4.78, 5) is 20.9. The molecule has 0 spiro atoms. The summed E-state index contributed by atoms with van der Waals surface area (Å²) in [6.07, 6.45) is 5.88. The minimum atomic E-state index is 0.0326. The predicted octanol–water partition coefficient (Wildman–Crippen LogP) is 3.32. The van der Waals surface area contributed by atoms with Gasteiger partial charge in [-0.2, -0.15) is 0 Å². The molecular formula is C20H22BrN3O2. The van der Waals surface area contributed by atoms with Crippen LogP contribution in [0.2, 0.25) is 0 Å². The summed E-state index contributed by atoms with van der Waals surface area (Å²) in [7, 11) is 1.56. The monoisotopic (exact) mass is 415 g/mol. The fourth-order valence-electron chi connectivity index (χ4n) is 2.86. The Hall–Kier alpha value is -2.18. The van der Waals surface area contributed by atoms with E-state index in [9.17, 15) is 4.79 Å². The number of methoxy groups -OCH3 is 1. The van der Waals surface area contributed by atoms with Crippen molar-refractivity contribution in [3.63, 3.8) is 0 Å². The van der Waals surface area contributed by atoms with E-state index >= 15 is 0 Å².